The van der Waals surface area contributed by atoms with Crippen LogP contribution in [0.15, 0.2) is 34.7 Å². The van der Waals surface area contributed by atoms with Gasteiger partial charge in [0.25, 0.3) is 0 Å². The maximum absolute atomic E-state index is 10.00. The van der Waals surface area contributed by atoms with E-state index < -0.39 is 0 Å². The number of rotatable bonds is 7. The lowest BCUT2D eigenvalue weighted by Crippen LogP contribution is -2.31. The van der Waals surface area contributed by atoms with E-state index in [4.69, 9.17) is 4.42 Å². The molecule has 1 aromatic carbocycles. The molecule has 1 aliphatic rings. The second kappa shape index (κ2) is 6.92. The Morgan fingerprint density at radius 1 is 1.27 bits per heavy atom. The molecular formula is C17H23N3O2. The Kier molecular flexibility index (Phi) is 4.73. The molecule has 1 atom stereocenters. The number of para-hydroxylation sites is 1. The first-order valence-corrected chi connectivity index (χ1v) is 8.06. The van der Waals surface area contributed by atoms with Crippen LogP contribution in [0, 0.1) is 0 Å². The first-order chi connectivity index (χ1) is 10.8. The Hall–Kier alpha value is -1.88. The molecule has 22 heavy (non-hydrogen) atoms. The van der Waals surface area contributed by atoms with E-state index in [2.05, 4.69) is 15.1 Å². The standard InChI is InChI=1S/C17H23N3O2/c1-2-15(21)11-20(14-9-4-3-5-10-14)12-16-18-19-17(22-16)13-7-6-8-13/h3-5,9-10,13,15,21H,2,6-8,11-12H2,1H3. The van der Waals surface area contributed by atoms with Gasteiger partial charge in [-0.2, -0.15) is 0 Å². The van der Waals surface area contributed by atoms with Gasteiger partial charge in [-0.25, -0.2) is 0 Å². The van der Waals surface area contributed by atoms with Crippen molar-refractivity contribution in [2.24, 2.45) is 0 Å². The van der Waals surface area contributed by atoms with Crippen molar-refractivity contribution in [3.05, 3.63) is 42.1 Å². The molecule has 0 bridgehead atoms. The minimum atomic E-state index is -0.366. The molecule has 0 amide bonds. The number of nitrogens with zero attached hydrogens (tertiary/aromatic N) is 3. The van der Waals surface area contributed by atoms with Crippen molar-refractivity contribution in [3.8, 4) is 0 Å². The fourth-order valence-electron chi connectivity index (χ4n) is 2.60. The van der Waals surface area contributed by atoms with Crippen LogP contribution < -0.4 is 4.90 Å². The van der Waals surface area contributed by atoms with Gasteiger partial charge in [0.2, 0.25) is 11.8 Å². The van der Waals surface area contributed by atoms with Crippen molar-refractivity contribution >= 4 is 5.69 Å². The first kappa shape index (κ1) is 15.0. The van der Waals surface area contributed by atoms with Crippen LogP contribution in [-0.4, -0.2) is 28.0 Å². The van der Waals surface area contributed by atoms with Crippen LogP contribution in [0.4, 0.5) is 5.69 Å². The molecule has 5 heteroatoms. The molecule has 0 saturated heterocycles. The zero-order chi connectivity index (χ0) is 15.4. The Morgan fingerprint density at radius 3 is 2.68 bits per heavy atom. The maximum Gasteiger partial charge on any atom is 0.235 e. The van der Waals surface area contributed by atoms with E-state index in [-0.39, 0.29) is 6.10 Å². The average molecular weight is 301 g/mol. The van der Waals surface area contributed by atoms with Gasteiger partial charge in [-0.1, -0.05) is 31.5 Å². The van der Waals surface area contributed by atoms with E-state index >= 15 is 0 Å². The van der Waals surface area contributed by atoms with Gasteiger partial charge in [0.05, 0.1) is 12.6 Å². The van der Waals surface area contributed by atoms with Gasteiger partial charge in [-0.05, 0) is 31.4 Å². The monoisotopic (exact) mass is 301 g/mol. The van der Waals surface area contributed by atoms with Crippen molar-refractivity contribution in [1.29, 1.82) is 0 Å². The van der Waals surface area contributed by atoms with E-state index in [0.717, 1.165) is 30.8 Å². The number of aliphatic hydroxyl groups is 1. The van der Waals surface area contributed by atoms with Crippen LogP contribution in [0.2, 0.25) is 0 Å². The molecular weight excluding hydrogens is 278 g/mol. The molecule has 1 heterocycles. The lowest BCUT2D eigenvalue weighted by atomic mass is 9.85. The van der Waals surface area contributed by atoms with E-state index in [1.807, 2.05) is 37.3 Å². The largest absolute Gasteiger partial charge is 0.423 e. The molecule has 0 aliphatic heterocycles. The molecule has 0 spiro atoms. The second-order valence-corrected chi connectivity index (χ2v) is 5.94. The Morgan fingerprint density at radius 2 is 2.05 bits per heavy atom. The van der Waals surface area contributed by atoms with Crippen LogP contribution in [0.3, 0.4) is 0 Å². The average Bonchev–Trinajstić information content (AvgIpc) is 2.93. The second-order valence-electron chi connectivity index (χ2n) is 5.94. The fourth-order valence-corrected chi connectivity index (χ4v) is 2.60. The van der Waals surface area contributed by atoms with Gasteiger partial charge in [0.1, 0.15) is 0 Å². The lowest BCUT2D eigenvalue weighted by molar-refractivity contribution is 0.174. The fraction of sp³-hybridized carbons (Fsp3) is 0.529. The smallest absolute Gasteiger partial charge is 0.235 e. The summed E-state index contributed by atoms with van der Waals surface area (Å²) in [4.78, 5) is 2.09. The highest BCUT2D eigenvalue weighted by atomic mass is 16.4. The molecule has 1 saturated carbocycles. The van der Waals surface area contributed by atoms with Crippen molar-refractivity contribution < 1.29 is 9.52 Å². The molecule has 5 nitrogen and oxygen atoms in total. The topological polar surface area (TPSA) is 62.4 Å². The number of hydrogen-bond donors (Lipinski definition) is 1. The number of aliphatic hydroxyl groups excluding tert-OH is 1. The summed E-state index contributed by atoms with van der Waals surface area (Å²) >= 11 is 0. The normalized spacial score (nSPS) is 16.3. The van der Waals surface area contributed by atoms with Gasteiger partial charge >= 0.3 is 0 Å². The van der Waals surface area contributed by atoms with Gasteiger partial charge in [-0.3, -0.25) is 0 Å². The summed E-state index contributed by atoms with van der Waals surface area (Å²) in [6.45, 7) is 3.07. The lowest BCUT2D eigenvalue weighted by Gasteiger charge is -2.25. The Bertz CT molecular complexity index is 581. The van der Waals surface area contributed by atoms with Crippen LogP contribution in [0.5, 0.6) is 0 Å². The third kappa shape index (κ3) is 3.47. The molecule has 1 unspecified atom stereocenters. The summed E-state index contributed by atoms with van der Waals surface area (Å²) in [6, 6.07) is 10.0. The third-order valence-corrected chi connectivity index (χ3v) is 4.29. The zero-order valence-electron chi connectivity index (χ0n) is 13.0. The quantitative estimate of drug-likeness (QED) is 0.851. The molecule has 1 aliphatic carbocycles. The van der Waals surface area contributed by atoms with Crippen LogP contribution in [-0.2, 0) is 6.54 Å². The zero-order valence-corrected chi connectivity index (χ0v) is 13.0. The first-order valence-electron chi connectivity index (χ1n) is 8.06. The molecule has 1 aromatic heterocycles. The SMILES string of the molecule is CCC(O)CN(Cc1nnc(C2CCC2)o1)c1ccccc1. The predicted octanol–water partition coefficient (Wildman–Crippen LogP) is 3.11. The summed E-state index contributed by atoms with van der Waals surface area (Å²) in [5.74, 6) is 1.84. The van der Waals surface area contributed by atoms with Crippen molar-refractivity contribution in [1.82, 2.24) is 10.2 Å². The summed E-state index contributed by atoms with van der Waals surface area (Å²) in [5.41, 5.74) is 1.05. The Balaban J connectivity index is 1.72. The van der Waals surface area contributed by atoms with Gasteiger partial charge in [0.15, 0.2) is 0 Å². The maximum atomic E-state index is 10.00. The van der Waals surface area contributed by atoms with E-state index in [9.17, 15) is 5.11 Å². The number of hydrogen-bond acceptors (Lipinski definition) is 5. The molecule has 1 N–H and O–H groups in total. The van der Waals surface area contributed by atoms with Crippen molar-refractivity contribution in [3.63, 3.8) is 0 Å². The van der Waals surface area contributed by atoms with Crippen LogP contribution in [0.1, 0.15) is 50.3 Å². The van der Waals surface area contributed by atoms with Crippen molar-refractivity contribution in [2.75, 3.05) is 11.4 Å². The molecule has 0 radical (unpaired) electrons. The van der Waals surface area contributed by atoms with Crippen LogP contribution in [0.25, 0.3) is 0 Å². The summed E-state index contributed by atoms with van der Waals surface area (Å²) in [6.07, 6.45) is 3.91. The van der Waals surface area contributed by atoms with Gasteiger partial charge in [0, 0.05) is 18.2 Å². The number of anilines is 1. The summed E-state index contributed by atoms with van der Waals surface area (Å²) in [5, 5.41) is 18.4. The van der Waals surface area contributed by atoms with Crippen molar-refractivity contribution in [2.45, 2.75) is 51.2 Å². The summed E-state index contributed by atoms with van der Waals surface area (Å²) in [7, 11) is 0. The van der Waals surface area contributed by atoms with Gasteiger partial charge < -0.3 is 14.4 Å². The van der Waals surface area contributed by atoms with E-state index in [1.54, 1.807) is 0 Å². The molecule has 118 valence electrons. The van der Waals surface area contributed by atoms with E-state index in [0.29, 0.717) is 24.9 Å². The molecule has 3 rings (SSSR count). The third-order valence-electron chi connectivity index (χ3n) is 4.29. The highest BCUT2D eigenvalue weighted by Gasteiger charge is 2.25. The highest BCUT2D eigenvalue weighted by molar-refractivity contribution is 5.46. The minimum Gasteiger partial charge on any atom is -0.423 e. The number of benzene rings is 1. The minimum absolute atomic E-state index is 0.366. The highest BCUT2D eigenvalue weighted by Crippen LogP contribution is 2.35. The summed E-state index contributed by atoms with van der Waals surface area (Å²) < 4.78 is 5.81. The molecule has 1 fully saturated rings. The van der Waals surface area contributed by atoms with E-state index in [1.165, 1.54) is 6.42 Å². The van der Waals surface area contributed by atoms with Gasteiger partial charge in [-0.15, -0.1) is 10.2 Å². The Labute approximate surface area is 131 Å². The molecule has 2 aromatic rings. The number of aromatic nitrogens is 2. The predicted molar refractivity (Wildman–Crippen MR) is 84.7 cm³/mol. The van der Waals surface area contributed by atoms with Crippen LogP contribution >= 0.6 is 0 Å².